The number of benzene rings is 1. The fraction of sp³-hybridized carbons (Fsp3) is 0.667. The van der Waals surface area contributed by atoms with E-state index in [1.165, 1.54) is 50.9 Å². The third kappa shape index (κ3) is 3.07. The first-order chi connectivity index (χ1) is 9.76. The molecule has 1 aromatic carbocycles. The third-order valence-corrected chi connectivity index (χ3v) is 5.27. The summed E-state index contributed by atoms with van der Waals surface area (Å²) in [4.78, 5) is 2.56. The zero-order chi connectivity index (χ0) is 13.9. The normalized spacial score (nSPS) is 28.3. The van der Waals surface area contributed by atoms with Crippen molar-refractivity contribution in [3.05, 3.63) is 35.4 Å². The second-order valence-corrected chi connectivity index (χ2v) is 6.60. The zero-order valence-corrected chi connectivity index (χ0v) is 12.9. The van der Waals surface area contributed by atoms with Crippen molar-refractivity contribution < 1.29 is 0 Å². The summed E-state index contributed by atoms with van der Waals surface area (Å²) in [5.74, 6) is 0.796. The van der Waals surface area contributed by atoms with Crippen LogP contribution in [0.5, 0.6) is 0 Å². The Morgan fingerprint density at radius 1 is 1.10 bits per heavy atom. The van der Waals surface area contributed by atoms with Gasteiger partial charge in [0.2, 0.25) is 0 Å². The molecule has 0 spiro atoms. The Balaban J connectivity index is 1.44. The molecule has 1 aliphatic carbocycles. The lowest BCUT2D eigenvalue weighted by Gasteiger charge is -2.41. The quantitative estimate of drug-likeness (QED) is 0.904. The van der Waals surface area contributed by atoms with Crippen molar-refractivity contribution in [3.8, 4) is 0 Å². The Bertz CT molecular complexity index is 429. The van der Waals surface area contributed by atoms with Crippen LogP contribution >= 0.6 is 0 Å². The molecule has 0 bridgehead atoms. The summed E-state index contributed by atoms with van der Waals surface area (Å²) < 4.78 is 0. The molecule has 0 atom stereocenters. The molecule has 1 N–H and O–H groups in total. The van der Waals surface area contributed by atoms with Crippen LogP contribution in [0.4, 0.5) is 0 Å². The molecule has 2 nitrogen and oxygen atoms in total. The standard InChI is InChI=1S/C18H28N2/c1-3-20-10-8-16(9-11-20)19-17-12-15(13-17)18-7-5-4-6-14(18)2/h4-7,15-17,19H,3,8-13H2,1-2H3. The molecule has 2 fully saturated rings. The van der Waals surface area contributed by atoms with Crippen molar-refractivity contribution in [2.75, 3.05) is 19.6 Å². The Kier molecular flexibility index (Phi) is 4.42. The van der Waals surface area contributed by atoms with Gasteiger partial charge in [0.05, 0.1) is 0 Å². The molecular formula is C18H28N2. The Labute approximate surface area is 123 Å². The van der Waals surface area contributed by atoms with Crippen LogP contribution in [0.3, 0.4) is 0 Å². The van der Waals surface area contributed by atoms with E-state index in [0.717, 1.165) is 18.0 Å². The number of nitrogens with one attached hydrogen (secondary N) is 1. The van der Waals surface area contributed by atoms with Crippen LogP contribution in [-0.2, 0) is 0 Å². The largest absolute Gasteiger partial charge is 0.311 e. The van der Waals surface area contributed by atoms with Gasteiger partial charge in [-0.15, -0.1) is 0 Å². The van der Waals surface area contributed by atoms with Gasteiger partial charge in [0.1, 0.15) is 0 Å². The van der Waals surface area contributed by atoms with Crippen LogP contribution in [0, 0.1) is 6.92 Å². The number of rotatable bonds is 4. The fourth-order valence-corrected chi connectivity index (χ4v) is 3.80. The first-order valence-electron chi connectivity index (χ1n) is 8.30. The van der Waals surface area contributed by atoms with Crippen LogP contribution in [0.1, 0.15) is 49.7 Å². The van der Waals surface area contributed by atoms with Crippen molar-refractivity contribution in [1.82, 2.24) is 10.2 Å². The van der Waals surface area contributed by atoms with Crippen LogP contribution in [0.2, 0.25) is 0 Å². The molecule has 20 heavy (non-hydrogen) atoms. The zero-order valence-electron chi connectivity index (χ0n) is 12.9. The average Bonchev–Trinajstić information content (AvgIpc) is 2.44. The van der Waals surface area contributed by atoms with Crippen molar-refractivity contribution in [3.63, 3.8) is 0 Å². The van der Waals surface area contributed by atoms with Crippen LogP contribution in [0.25, 0.3) is 0 Å². The molecule has 1 heterocycles. The summed E-state index contributed by atoms with van der Waals surface area (Å²) >= 11 is 0. The highest BCUT2D eigenvalue weighted by molar-refractivity contribution is 5.31. The van der Waals surface area contributed by atoms with Crippen molar-refractivity contribution >= 4 is 0 Å². The molecule has 0 unspecified atom stereocenters. The maximum atomic E-state index is 3.89. The number of aryl methyl sites for hydroxylation is 1. The highest BCUT2D eigenvalue weighted by Gasteiger charge is 2.32. The number of hydrogen-bond acceptors (Lipinski definition) is 2. The molecule has 1 aromatic rings. The minimum absolute atomic E-state index is 0.762. The van der Waals surface area contributed by atoms with E-state index in [9.17, 15) is 0 Å². The Morgan fingerprint density at radius 2 is 1.80 bits per heavy atom. The van der Waals surface area contributed by atoms with E-state index >= 15 is 0 Å². The van der Waals surface area contributed by atoms with E-state index in [4.69, 9.17) is 0 Å². The minimum Gasteiger partial charge on any atom is -0.311 e. The van der Waals surface area contributed by atoms with E-state index < -0.39 is 0 Å². The van der Waals surface area contributed by atoms with E-state index in [0.29, 0.717) is 0 Å². The molecule has 0 radical (unpaired) electrons. The summed E-state index contributed by atoms with van der Waals surface area (Å²) in [6, 6.07) is 10.4. The molecule has 0 aromatic heterocycles. The van der Waals surface area contributed by atoms with E-state index in [1.807, 2.05) is 0 Å². The van der Waals surface area contributed by atoms with Gasteiger partial charge in [-0.25, -0.2) is 0 Å². The van der Waals surface area contributed by atoms with Crippen molar-refractivity contribution in [2.45, 2.75) is 57.5 Å². The predicted molar refractivity (Wildman–Crippen MR) is 85.2 cm³/mol. The lowest BCUT2D eigenvalue weighted by atomic mass is 9.74. The van der Waals surface area contributed by atoms with Gasteiger partial charge in [0.25, 0.3) is 0 Å². The number of likely N-dealkylation sites (tertiary alicyclic amines) is 1. The van der Waals surface area contributed by atoms with Gasteiger partial charge in [-0.3, -0.25) is 0 Å². The summed E-state index contributed by atoms with van der Waals surface area (Å²) in [5.41, 5.74) is 3.04. The lowest BCUT2D eigenvalue weighted by Crippen LogP contribution is -2.49. The smallest absolute Gasteiger partial charge is 0.00940 e. The second-order valence-electron chi connectivity index (χ2n) is 6.60. The van der Waals surface area contributed by atoms with Gasteiger partial charge in [-0.1, -0.05) is 31.2 Å². The summed E-state index contributed by atoms with van der Waals surface area (Å²) in [5, 5.41) is 3.89. The van der Waals surface area contributed by atoms with Gasteiger partial charge < -0.3 is 10.2 Å². The number of piperidine rings is 1. The van der Waals surface area contributed by atoms with Crippen LogP contribution in [0.15, 0.2) is 24.3 Å². The lowest BCUT2D eigenvalue weighted by molar-refractivity contribution is 0.176. The SMILES string of the molecule is CCN1CCC(NC2CC(c3ccccc3C)C2)CC1. The topological polar surface area (TPSA) is 15.3 Å². The first kappa shape index (κ1) is 14.1. The minimum atomic E-state index is 0.762. The molecule has 0 amide bonds. The molecule has 2 aliphatic rings. The highest BCUT2D eigenvalue weighted by atomic mass is 15.1. The third-order valence-electron chi connectivity index (χ3n) is 5.27. The summed E-state index contributed by atoms with van der Waals surface area (Å²) in [6.07, 6.45) is 5.33. The summed E-state index contributed by atoms with van der Waals surface area (Å²) in [6.45, 7) is 8.29. The molecule has 110 valence electrons. The molecule has 1 aliphatic heterocycles. The van der Waals surface area contributed by atoms with Crippen LogP contribution in [-0.4, -0.2) is 36.6 Å². The van der Waals surface area contributed by atoms with Crippen molar-refractivity contribution in [2.24, 2.45) is 0 Å². The van der Waals surface area contributed by atoms with Crippen LogP contribution < -0.4 is 5.32 Å². The number of nitrogens with zero attached hydrogens (tertiary/aromatic N) is 1. The van der Waals surface area contributed by atoms with Gasteiger partial charge in [0.15, 0.2) is 0 Å². The maximum Gasteiger partial charge on any atom is 0.00940 e. The average molecular weight is 272 g/mol. The molecule has 1 saturated carbocycles. The van der Waals surface area contributed by atoms with Gasteiger partial charge in [0, 0.05) is 12.1 Å². The van der Waals surface area contributed by atoms with Gasteiger partial charge in [-0.05, 0) is 69.3 Å². The Hall–Kier alpha value is -0.860. The molecule has 3 rings (SSSR count). The predicted octanol–water partition coefficient (Wildman–Crippen LogP) is 3.31. The molecule has 1 saturated heterocycles. The monoisotopic (exact) mass is 272 g/mol. The second kappa shape index (κ2) is 6.28. The van der Waals surface area contributed by atoms with E-state index in [2.05, 4.69) is 48.3 Å². The van der Waals surface area contributed by atoms with E-state index in [1.54, 1.807) is 5.56 Å². The maximum absolute atomic E-state index is 3.89. The molecular weight excluding hydrogens is 244 g/mol. The van der Waals surface area contributed by atoms with Crippen molar-refractivity contribution in [1.29, 1.82) is 0 Å². The fourth-order valence-electron chi connectivity index (χ4n) is 3.80. The van der Waals surface area contributed by atoms with E-state index in [-0.39, 0.29) is 0 Å². The molecule has 2 heteroatoms. The number of hydrogen-bond donors (Lipinski definition) is 1. The first-order valence-corrected chi connectivity index (χ1v) is 8.30. The van der Waals surface area contributed by atoms with Gasteiger partial charge in [-0.2, -0.15) is 0 Å². The Morgan fingerprint density at radius 3 is 2.45 bits per heavy atom. The highest BCUT2D eigenvalue weighted by Crippen LogP contribution is 2.38. The van der Waals surface area contributed by atoms with Gasteiger partial charge >= 0.3 is 0 Å². The summed E-state index contributed by atoms with van der Waals surface area (Å²) in [7, 11) is 0.